The fraction of sp³-hybridized carbons (Fsp3) is 0.659. The van der Waals surface area contributed by atoms with E-state index in [1.807, 2.05) is 0 Å². The SMILES string of the molecule is C=CCN1[C@@H](Cc2ccc(OC)cc2)[C@H](OCc2ccccc2)CCC1(CCCO[Si](C)(C)C(C)(C)C)CCCO[Si](C)(C)C(C)(C)C. The van der Waals surface area contributed by atoms with Gasteiger partial charge in [-0.2, -0.15) is 0 Å². The van der Waals surface area contributed by atoms with Crippen LogP contribution in [0.3, 0.4) is 0 Å². The number of piperidine rings is 1. The first-order chi connectivity index (χ1) is 22.4. The predicted octanol–water partition coefficient (Wildman–Crippen LogP) is 10.8. The van der Waals surface area contributed by atoms with Crippen molar-refractivity contribution in [1.29, 1.82) is 0 Å². The van der Waals surface area contributed by atoms with E-state index in [9.17, 15) is 0 Å². The zero-order valence-electron chi connectivity index (χ0n) is 32.5. The summed E-state index contributed by atoms with van der Waals surface area (Å²) in [6, 6.07) is 19.4. The second-order valence-electron chi connectivity index (χ2n) is 17.1. The monoisotopic (exact) mass is 695 g/mol. The van der Waals surface area contributed by atoms with Gasteiger partial charge in [-0.3, -0.25) is 4.90 Å². The summed E-state index contributed by atoms with van der Waals surface area (Å²) in [4.78, 5) is 2.78. The van der Waals surface area contributed by atoms with Crippen LogP contribution in [0.4, 0.5) is 0 Å². The average molecular weight is 696 g/mol. The summed E-state index contributed by atoms with van der Waals surface area (Å²) in [5.74, 6) is 0.889. The van der Waals surface area contributed by atoms with Crippen molar-refractivity contribution in [2.45, 2.75) is 147 Å². The number of methoxy groups -OCH3 is 1. The Morgan fingerprint density at radius 2 is 1.35 bits per heavy atom. The van der Waals surface area contributed by atoms with Crippen LogP contribution in [0.1, 0.15) is 91.2 Å². The number of rotatable bonds is 18. The van der Waals surface area contributed by atoms with Gasteiger partial charge in [-0.25, -0.2) is 0 Å². The van der Waals surface area contributed by atoms with Gasteiger partial charge in [0, 0.05) is 31.3 Å². The molecule has 2 atom stereocenters. The average Bonchev–Trinajstić information content (AvgIpc) is 3.02. The fourth-order valence-corrected chi connectivity index (χ4v) is 8.71. The smallest absolute Gasteiger partial charge is 0.191 e. The minimum Gasteiger partial charge on any atom is -0.497 e. The van der Waals surface area contributed by atoms with Gasteiger partial charge in [-0.05, 0) is 104 Å². The lowest BCUT2D eigenvalue weighted by atomic mass is 9.74. The molecule has 7 heteroatoms. The first-order valence-electron chi connectivity index (χ1n) is 18.4. The molecule has 1 fully saturated rings. The van der Waals surface area contributed by atoms with Crippen LogP contribution in [0, 0.1) is 0 Å². The maximum Gasteiger partial charge on any atom is 0.191 e. The Labute approximate surface area is 297 Å². The van der Waals surface area contributed by atoms with E-state index in [-0.39, 0.29) is 27.8 Å². The molecule has 5 nitrogen and oxygen atoms in total. The van der Waals surface area contributed by atoms with Crippen molar-refractivity contribution >= 4 is 16.6 Å². The van der Waals surface area contributed by atoms with E-state index in [0.29, 0.717) is 6.61 Å². The summed E-state index contributed by atoms with van der Waals surface area (Å²) in [7, 11) is -1.91. The van der Waals surface area contributed by atoms with Crippen LogP contribution in [-0.4, -0.2) is 66.1 Å². The molecule has 1 aliphatic rings. The van der Waals surface area contributed by atoms with Crippen LogP contribution in [0.15, 0.2) is 67.3 Å². The van der Waals surface area contributed by atoms with Crippen molar-refractivity contribution in [3.8, 4) is 5.75 Å². The minimum atomic E-state index is -1.82. The molecule has 1 heterocycles. The van der Waals surface area contributed by atoms with Crippen molar-refractivity contribution in [3.63, 3.8) is 0 Å². The van der Waals surface area contributed by atoms with Crippen LogP contribution in [0.25, 0.3) is 0 Å². The van der Waals surface area contributed by atoms with Gasteiger partial charge in [0.2, 0.25) is 0 Å². The highest BCUT2D eigenvalue weighted by Crippen LogP contribution is 2.43. The van der Waals surface area contributed by atoms with Gasteiger partial charge in [0.15, 0.2) is 16.6 Å². The molecule has 2 aromatic rings. The van der Waals surface area contributed by atoms with Crippen LogP contribution in [-0.2, 0) is 26.6 Å². The molecule has 0 aliphatic carbocycles. The molecule has 0 bridgehead atoms. The number of nitrogens with zero attached hydrogens (tertiary/aromatic N) is 1. The zero-order chi connectivity index (χ0) is 35.6. The van der Waals surface area contributed by atoms with Crippen LogP contribution < -0.4 is 4.74 Å². The molecule has 0 unspecified atom stereocenters. The summed E-state index contributed by atoms with van der Waals surface area (Å²) in [5.41, 5.74) is 2.55. The number of hydrogen-bond acceptors (Lipinski definition) is 5. The van der Waals surface area contributed by atoms with E-state index in [0.717, 1.165) is 70.5 Å². The number of benzene rings is 2. The van der Waals surface area contributed by atoms with Crippen molar-refractivity contribution < 1.29 is 18.3 Å². The third kappa shape index (κ3) is 11.1. The largest absolute Gasteiger partial charge is 0.497 e. The normalized spacial score (nSPS) is 19.3. The summed E-state index contributed by atoms with van der Waals surface area (Å²) in [6.07, 6.45) is 9.57. The molecular formula is C41H69NO4Si2. The molecule has 1 aliphatic heterocycles. The van der Waals surface area contributed by atoms with E-state index in [4.69, 9.17) is 18.3 Å². The lowest BCUT2D eigenvalue weighted by Crippen LogP contribution is -2.62. The third-order valence-corrected chi connectivity index (χ3v) is 20.8. The molecule has 0 N–H and O–H groups in total. The van der Waals surface area contributed by atoms with E-state index in [1.165, 1.54) is 11.1 Å². The van der Waals surface area contributed by atoms with Gasteiger partial charge in [0.25, 0.3) is 0 Å². The van der Waals surface area contributed by atoms with Gasteiger partial charge in [0.05, 0.1) is 19.8 Å². The zero-order valence-corrected chi connectivity index (χ0v) is 34.5. The highest BCUT2D eigenvalue weighted by atomic mass is 28.4. The molecule has 0 saturated carbocycles. The van der Waals surface area contributed by atoms with E-state index < -0.39 is 16.6 Å². The molecule has 0 radical (unpaired) electrons. The van der Waals surface area contributed by atoms with E-state index >= 15 is 0 Å². The Morgan fingerprint density at radius 1 is 0.812 bits per heavy atom. The summed E-state index contributed by atoms with van der Waals surface area (Å²) in [5, 5.41) is 0.413. The molecular weight excluding hydrogens is 627 g/mol. The van der Waals surface area contributed by atoms with Gasteiger partial charge < -0.3 is 18.3 Å². The lowest BCUT2D eigenvalue weighted by molar-refractivity contribution is -0.107. The third-order valence-electron chi connectivity index (χ3n) is 11.7. The van der Waals surface area contributed by atoms with Crippen LogP contribution >= 0.6 is 0 Å². The standard InChI is InChI=1S/C41H69NO4Si2/c1-13-29-42-37(32-34-21-23-36(43-8)24-22-34)38(44-33-35-19-15-14-16-20-35)25-28-41(42,26-17-30-45-47(9,10)39(2,3)4)27-18-31-46-48(11,12)40(5,6)7/h13-16,19-24,37-38H,1,17-18,25-33H2,2-12H3/t37-,38+/m0/s1. The Bertz CT molecular complexity index is 1200. The van der Waals surface area contributed by atoms with Crippen molar-refractivity contribution in [2.24, 2.45) is 0 Å². The second kappa shape index (κ2) is 17.5. The highest BCUT2D eigenvalue weighted by molar-refractivity contribution is 6.74. The van der Waals surface area contributed by atoms with Crippen LogP contribution in [0.5, 0.6) is 5.75 Å². The van der Waals surface area contributed by atoms with Gasteiger partial charge in [-0.15, -0.1) is 6.58 Å². The summed E-state index contributed by atoms with van der Waals surface area (Å²) in [6.45, 7) is 30.8. The highest BCUT2D eigenvalue weighted by Gasteiger charge is 2.47. The van der Waals surface area contributed by atoms with Gasteiger partial charge in [0.1, 0.15) is 5.75 Å². The summed E-state index contributed by atoms with van der Waals surface area (Å²) < 4.78 is 25.8. The lowest BCUT2D eigenvalue weighted by Gasteiger charge is -2.55. The Balaban J connectivity index is 1.92. The van der Waals surface area contributed by atoms with Crippen molar-refractivity contribution in [2.75, 3.05) is 26.9 Å². The maximum atomic E-state index is 6.85. The number of likely N-dealkylation sites (tertiary alicyclic amines) is 1. The molecule has 0 amide bonds. The molecule has 270 valence electrons. The van der Waals surface area contributed by atoms with E-state index in [1.54, 1.807) is 7.11 Å². The Kier molecular flexibility index (Phi) is 14.8. The predicted molar refractivity (Wildman–Crippen MR) is 209 cm³/mol. The quantitative estimate of drug-likeness (QED) is 0.0882. The van der Waals surface area contributed by atoms with Crippen LogP contribution in [0.2, 0.25) is 36.3 Å². The molecule has 2 aromatic carbocycles. The molecule has 0 aromatic heterocycles. The molecule has 48 heavy (non-hydrogen) atoms. The first-order valence-corrected chi connectivity index (χ1v) is 24.2. The first kappa shape index (κ1) is 40.7. The van der Waals surface area contributed by atoms with Crippen molar-refractivity contribution in [3.05, 3.63) is 78.4 Å². The minimum absolute atomic E-state index is 0.0194. The second-order valence-corrected chi connectivity index (χ2v) is 26.7. The summed E-state index contributed by atoms with van der Waals surface area (Å²) >= 11 is 0. The Morgan fingerprint density at radius 3 is 1.83 bits per heavy atom. The Hall–Kier alpha value is -1.75. The number of ether oxygens (including phenoxy) is 2. The van der Waals surface area contributed by atoms with Gasteiger partial charge >= 0.3 is 0 Å². The maximum absolute atomic E-state index is 6.85. The van der Waals surface area contributed by atoms with Gasteiger partial charge in [-0.1, -0.05) is 90.1 Å². The van der Waals surface area contributed by atoms with E-state index in [2.05, 4.69) is 140 Å². The molecule has 3 rings (SSSR count). The molecule has 0 spiro atoms. The topological polar surface area (TPSA) is 40.2 Å². The van der Waals surface area contributed by atoms with Crippen molar-refractivity contribution in [1.82, 2.24) is 4.90 Å². The fourth-order valence-electron chi connectivity index (χ4n) is 6.54. The number of hydrogen-bond donors (Lipinski definition) is 0. The molecule has 1 saturated heterocycles.